The van der Waals surface area contributed by atoms with E-state index in [1.165, 1.54) is 0 Å². The molecule has 0 spiro atoms. The van der Waals surface area contributed by atoms with Crippen molar-refractivity contribution >= 4 is 31.9 Å². The van der Waals surface area contributed by atoms with Crippen molar-refractivity contribution in [2.75, 3.05) is 0 Å². The molecule has 2 nitrogen and oxygen atoms in total. The molecule has 16 heavy (non-hydrogen) atoms. The smallest absolute Gasteiger partial charge is 0.135 e. The summed E-state index contributed by atoms with van der Waals surface area (Å²) in [6, 6.07) is 9.51. The minimum atomic E-state index is -0.581. The highest BCUT2D eigenvalue weighted by molar-refractivity contribution is 9.11. The second-order valence-corrected chi connectivity index (χ2v) is 5.27. The van der Waals surface area contributed by atoms with Crippen LogP contribution in [0.1, 0.15) is 18.8 Å². The van der Waals surface area contributed by atoms with Gasteiger partial charge in [0, 0.05) is 14.5 Å². The van der Waals surface area contributed by atoms with Crippen LogP contribution in [0.5, 0.6) is 0 Å². The molecule has 0 aliphatic heterocycles. The highest BCUT2D eigenvalue weighted by atomic mass is 79.9. The molecule has 1 unspecified atom stereocenters. The standard InChI is InChI=1S/C12H10Br2O2/c1-7(15)11-4-5-12(16-11)9-3-2-8(13)6-10(9)14/h2-7,15H,1H3. The van der Waals surface area contributed by atoms with Crippen molar-refractivity contribution in [3.63, 3.8) is 0 Å². The first kappa shape index (κ1) is 11.9. The molecule has 1 atom stereocenters. The van der Waals surface area contributed by atoms with Crippen molar-refractivity contribution < 1.29 is 9.52 Å². The van der Waals surface area contributed by atoms with Gasteiger partial charge in [-0.3, -0.25) is 0 Å². The van der Waals surface area contributed by atoms with E-state index in [9.17, 15) is 5.11 Å². The molecule has 1 N–H and O–H groups in total. The van der Waals surface area contributed by atoms with Gasteiger partial charge in [-0.15, -0.1) is 0 Å². The van der Waals surface area contributed by atoms with Gasteiger partial charge in [0.05, 0.1) is 0 Å². The summed E-state index contributed by atoms with van der Waals surface area (Å²) in [5.41, 5.74) is 0.968. The van der Waals surface area contributed by atoms with E-state index in [0.717, 1.165) is 20.3 Å². The quantitative estimate of drug-likeness (QED) is 0.867. The molecule has 2 aromatic rings. The number of furan rings is 1. The third-order valence-electron chi connectivity index (χ3n) is 2.24. The predicted molar refractivity (Wildman–Crippen MR) is 70.2 cm³/mol. The molecule has 84 valence electrons. The molecule has 0 saturated heterocycles. The van der Waals surface area contributed by atoms with Gasteiger partial charge in [-0.2, -0.15) is 0 Å². The molecule has 0 aliphatic rings. The van der Waals surface area contributed by atoms with Crippen molar-refractivity contribution in [2.45, 2.75) is 13.0 Å². The third-order valence-corrected chi connectivity index (χ3v) is 3.38. The second-order valence-electron chi connectivity index (χ2n) is 3.50. The van der Waals surface area contributed by atoms with Gasteiger partial charge < -0.3 is 9.52 Å². The zero-order valence-electron chi connectivity index (χ0n) is 8.58. The van der Waals surface area contributed by atoms with E-state index in [-0.39, 0.29) is 0 Å². The van der Waals surface area contributed by atoms with E-state index in [4.69, 9.17) is 4.42 Å². The van der Waals surface area contributed by atoms with Gasteiger partial charge in [-0.25, -0.2) is 0 Å². The van der Waals surface area contributed by atoms with Gasteiger partial charge in [0.15, 0.2) is 0 Å². The zero-order valence-corrected chi connectivity index (χ0v) is 11.7. The largest absolute Gasteiger partial charge is 0.458 e. The molecule has 1 aromatic carbocycles. The Hall–Kier alpha value is -0.580. The molecule has 0 amide bonds. The van der Waals surface area contributed by atoms with E-state index in [0.29, 0.717) is 5.76 Å². The topological polar surface area (TPSA) is 33.4 Å². The van der Waals surface area contributed by atoms with Crippen LogP contribution in [0.2, 0.25) is 0 Å². The fourth-order valence-electron chi connectivity index (χ4n) is 1.41. The molecule has 0 bridgehead atoms. The maximum atomic E-state index is 9.38. The summed E-state index contributed by atoms with van der Waals surface area (Å²) in [6.45, 7) is 1.68. The van der Waals surface area contributed by atoms with Crippen LogP contribution in [-0.2, 0) is 0 Å². The van der Waals surface area contributed by atoms with E-state index in [1.807, 2.05) is 24.3 Å². The monoisotopic (exact) mass is 344 g/mol. The summed E-state index contributed by atoms with van der Waals surface area (Å²) in [7, 11) is 0. The van der Waals surface area contributed by atoms with E-state index in [1.54, 1.807) is 13.0 Å². The highest BCUT2D eigenvalue weighted by Crippen LogP contribution is 2.32. The van der Waals surface area contributed by atoms with E-state index >= 15 is 0 Å². The molecule has 0 aliphatic carbocycles. The van der Waals surface area contributed by atoms with Crippen LogP contribution in [0.25, 0.3) is 11.3 Å². The fraction of sp³-hybridized carbons (Fsp3) is 0.167. The van der Waals surface area contributed by atoms with Gasteiger partial charge >= 0.3 is 0 Å². The van der Waals surface area contributed by atoms with E-state index in [2.05, 4.69) is 31.9 Å². The first-order chi connectivity index (χ1) is 7.58. The first-order valence-electron chi connectivity index (χ1n) is 4.81. The van der Waals surface area contributed by atoms with Crippen LogP contribution in [0, 0.1) is 0 Å². The molecule has 0 saturated carbocycles. The molecule has 1 heterocycles. The Morgan fingerprint density at radius 2 is 1.94 bits per heavy atom. The number of aliphatic hydroxyl groups is 1. The van der Waals surface area contributed by atoms with Gasteiger partial charge in [0.25, 0.3) is 0 Å². The van der Waals surface area contributed by atoms with Crippen LogP contribution >= 0.6 is 31.9 Å². The minimum Gasteiger partial charge on any atom is -0.458 e. The minimum absolute atomic E-state index is 0.574. The van der Waals surface area contributed by atoms with E-state index < -0.39 is 6.10 Å². The average Bonchev–Trinajstić information content (AvgIpc) is 2.66. The summed E-state index contributed by atoms with van der Waals surface area (Å²) in [6.07, 6.45) is -0.581. The maximum Gasteiger partial charge on any atom is 0.135 e. The third kappa shape index (κ3) is 2.39. The molecule has 2 rings (SSSR count). The summed E-state index contributed by atoms with van der Waals surface area (Å²) < 4.78 is 7.51. The average molecular weight is 346 g/mol. The molecule has 1 aromatic heterocycles. The SMILES string of the molecule is CC(O)c1ccc(-c2ccc(Br)cc2Br)o1. The van der Waals surface area contributed by atoms with Crippen molar-refractivity contribution in [3.8, 4) is 11.3 Å². The van der Waals surface area contributed by atoms with Crippen LogP contribution in [0.15, 0.2) is 43.7 Å². The highest BCUT2D eigenvalue weighted by Gasteiger charge is 2.11. The molecule has 0 fully saturated rings. The number of rotatable bonds is 2. The maximum absolute atomic E-state index is 9.38. The summed E-state index contributed by atoms with van der Waals surface area (Å²) >= 11 is 6.87. The fourth-order valence-corrected chi connectivity index (χ4v) is 2.65. The van der Waals surface area contributed by atoms with Crippen molar-refractivity contribution in [1.29, 1.82) is 0 Å². The summed E-state index contributed by atoms with van der Waals surface area (Å²) in [5, 5.41) is 9.38. The summed E-state index contributed by atoms with van der Waals surface area (Å²) in [5.74, 6) is 1.32. The predicted octanol–water partition coefficient (Wildman–Crippen LogP) is 4.52. The lowest BCUT2D eigenvalue weighted by Gasteiger charge is -2.02. The number of benzene rings is 1. The van der Waals surface area contributed by atoms with Gasteiger partial charge in [0.1, 0.15) is 17.6 Å². The number of hydrogen-bond donors (Lipinski definition) is 1. The Morgan fingerprint density at radius 1 is 1.19 bits per heavy atom. The first-order valence-corrected chi connectivity index (χ1v) is 6.40. The van der Waals surface area contributed by atoms with Crippen molar-refractivity contribution in [2.24, 2.45) is 0 Å². The van der Waals surface area contributed by atoms with Gasteiger partial charge in [-0.05, 0) is 53.2 Å². The number of aliphatic hydroxyl groups excluding tert-OH is 1. The molecular weight excluding hydrogens is 336 g/mol. The van der Waals surface area contributed by atoms with Gasteiger partial charge in [0.2, 0.25) is 0 Å². The zero-order chi connectivity index (χ0) is 11.7. The molecule has 0 radical (unpaired) electrons. The van der Waals surface area contributed by atoms with Gasteiger partial charge in [-0.1, -0.05) is 15.9 Å². The van der Waals surface area contributed by atoms with Crippen LogP contribution in [0.3, 0.4) is 0 Å². The Kier molecular flexibility index (Phi) is 3.52. The molecule has 4 heteroatoms. The Bertz CT molecular complexity index is 503. The van der Waals surface area contributed by atoms with Crippen molar-refractivity contribution in [3.05, 3.63) is 45.0 Å². The number of hydrogen-bond acceptors (Lipinski definition) is 2. The lowest BCUT2D eigenvalue weighted by molar-refractivity contribution is 0.170. The van der Waals surface area contributed by atoms with Crippen LogP contribution in [0.4, 0.5) is 0 Å². The normalized spacial score (nSPS) is 12.8. The van der Waals surface area contributed by atoms with Crippen LogP contribution < -0.4 is 0 Å². The Morgan fingerprint density at radius 3 is 2.50 bits per heavy atom. The second kappa shape index (κ2) is 4.73. The lowest BCUT2D eigenvalue weighted by Crippen LogP contribution is -1.85. The lowest BCUT2D eigenvalue weighted by atomic mass is 10.2. The Balaban J connectivity index is 2.42. The van der Waals surface area contributed by atoms with Crippen molar-refractivity contribution in [1.82, 2.24) is 0 Å². The number of halogens is 2. The molecular formula is C12H10Br2O2. The summed E-state index contributed by atoms with van der Waals surface area (Å²) in [4.78, 5) is 0. The van der Waals surface area contributed by atoms with Crippen LogP contribution in [-0.4, -0.2) is 5.11 Å². The Labute approximate surface area is 111 Å².